The van der Waals surface area contributed by atoms with E-state index in [0.29, 0.717) is 25.9 Å². The van der Waals surface area contributed by atoms with E-state index >= 15 is 0 Å². The summed E-state index contributed by atoms with van der Waals surface area (Å²) in [4.78, 5) is 38.8. The molecule has 0 aliphatic carbocycles. The molecule has 2 N–H and O–H groups in total. The van der Waals surface area contributed by atoms with Crippen LogP contribution in [-0.2, 0) is 16.0 Å². The highest BCUT2D eigenvalue weighted by Crippen LogP contribution is 2.34. The van der Waals surface area contributed by atoms with Gasteiger partial charge in [-0.25, -0.2) is 4.79 Å². The zero-order chi connectivity index (χ0) is 19.3. The molecule has 2 heterocycles. The van der Waals surface area contributed by atoms with Gasteiger partial charge in [0.2, 0.25) is 5.91 Å². The fraction of sp³-hybridized carbons (Fsp3) is 0.550. The first-order chi connectivity index (χ1) is 13.0. The molecular weight excluding hydrogens is 362 g/mol. The second-order valence-corrected chi connectivity index (χ2v) is 8.25. The summed E-state index contributed by atoms with van der Waals surface area (Å²) in [6.07, 6.45) is 5.31. The highest BCUT2D eigenvalue weighted by Gasteiger charge is 2.51. The maximum Gasteiger partial charge on any atom is 0.322 e. The minimum absolute atomic E-state index is 0.0391. The Bertz CT molecular complexity index is 689. The van der Waals surface area contributed by atoms with Gasteiger partial charge in [-0.05, 0) is 43.4 Å². The first-order valence-corrected chi connectivity index (χ1v) is 10.9. The molecule has 0 saturated carbocycles. The van der Waals surface area contributed by atoms with Crippen molar-refractivity contribution in [3.8, 4) is 0 Å². The predicted octanol–water partition coefficient (Wildman–Crippen LogP) is 2.19. The molecule has 2 aliphatic heterocycles. The number of piperidine rings is 1. The molecule has 1 unspecified atom stereocenters. The summed E-state index contributed by atoms with van der Waals surface area (Å²) >= 11 is 1.67. The molecule has 1 aromatic rings. The third-order valence-electron chi connectivity index (χ3n) is 5.68. The topological polar surface area (TPSA) is 78.5 Å². The summed E-state index contributed by atoms with van der Waals surface area (Å²) in [5.41, 5.74) is 0.275. The summed E-state index contributed by atoms with van der Waals surface area (Å²) in [7, 11) is 0. The van der Waals surface area contributed by atoms with Gasteiger partial charge in [0, 0.05) is 25.3 Å². The van der Waals surface area contributed by atoms with Crippen molar-refractivity contribution >= 4 is 29.6 Å². The number of urea groups is 1. The molecule has 7 heteroatoms. The zero-order valence-corrected chi connectivity index (χ0v) is 16.5. The molecule has 0 aromatic heterocycles. The van der Waals surface area contributed by atoms with Crippen molar-refractivity contribution in [3.05, 3.63) is 35.9 Å². The number of imide groups is 1. The summed E-state index contributed by atoms with van der Waals surface area (Å²) in [5.74, 6) is 0.826. The number of aryl methyl sites for hydroxylation is 1. The van der Waals surface area contributed by atoms with Crippen LogP contribution in [0.4, 0.5) is 4.79 Å². The van der Waals surface area contributed by atoms with Crippen LogP contribution in [0, 0.1) is 5.92 Å². The molecule has 146 valence electrons. The van der Waals surface area contributed by atoms with Crippen LogP contribution in [0.3, 0.4) is 0 Å². The average molecular weight is 390 g/mol. The number of carbonyl (C=O) groups is 3. The van der Waals surface area contributed by atoms with E-state index in [1.807, 2.05) is 41.5 Å². The molecular formula is C20H27N3O3S. The van der Waals surface area contributed by atoms with Crippen LogP contribution in [0.5, 0.6) is 0 Å². The zero-order valence-electron chi connectivity index (χ0n) is 15.7. The van der Waals surface area contributed by atoms with E-state index < -0.39 is 11.6 Å². The number of hydrogen-bond acceptors (Lipinski definition) is 4. The summed E-state index contributed by atoms with van der Waals surface area (Å²) in [5, 5.41) is 5.36. The van der Waals surface area contributed by atoms with Gasteiger partial charge in [-0.15, -0.1) is 0 Å². The van der Waals surface area contributed by atoms with Gasteiger partial charge >= 0.3 is 6.03 Å². The Morgan fingerprint density at radius 2 is 1.93 bits per heavy atom. The Kier molecular flexibility index (Phi) is 6.42. The molecule has 0 radical (unpaired) electrons. The van der Waals surface area contributed by atoms with Crippen molar-refractivity contribution in [1.29, 1.82) is 0 Å². The van der Waals surface area contributed by atoms with E-state index in [-0.39, 0.29) is 17.7 Å². The Balaban J connectivity index is 1.67. The first kappa shape index (κ1) is 19.7. The molecule has 2 fully saturated rings. The van der Waals surface area contributed by atoms with E-state index in [2.05, 4.69) is 10.6 Å². The van der Waals surface area contributed by atoms with E-state index in [4.69, 9.17) is 0 Å². The highest BCUT2D eigenvalue weighted by molar-refractivity contribution is 7.98. The van der Waals surface area contributed by atoms with Crippen molar-refractivity contribution in [3.63, 3.8) is 0 Å². The van der Waals surface area contributed by atoms with E-state index in [1.54, 1.807) is 11.8 Å². The largest absolute Gasteiger partial charge is 0.343 e. The second kappa shape index (κ2) is 8.78. The third kappa shape index (κ3) is 4.46. The number of thioether (sulfide) groups is 1. The van der Waals surface area contributed by atoms with Crippen molar-refractivity contribution in [2.45, 2.75) is 37.6 Å². The average Bonchev–Trinajstić information content (AvgIpc) is 2.99. The molecule has 6 nitrogen and oxygen atoms in total. The molecule has 0 bridgehead atoms. The summed E-state index contributed by atoms with van der Waals surface area (Å²) < 4.78 is 0. The summed E-state index contributed by atoms with van der Waals surface area (Å²) in [6, 6.07) is 9.59. The number of carbonyl (C=O) groups excluding carboxylic acids is 3. The molecule has 4 amide bonds. The van der Waals surface area contributed by atoms with Crippen LogP contribution in [0.2, 0.25) is 0 Å². The Morgan fingerprint density at radius 3 is 2.52 bits per heavy atom. The van der Waals surface area contributed by atoms with E-state index in [9.17, 15) is 14.4 Å². The van der Waals surface area contributed by atoms with Crippen molar-refractivity contribution in [1.82, 2.24) is 15.5 Å². The maximum absolute atomic E-state index is 12.7. The van der Waals surface area contributed by atoms with Gasteiger partial charge in [0.25, 0.3) is 5.91 Å². The number of amides is 4. The van der Waals surface area contributed by atoms with Gasteiger partial charge in [-0.2, -0.15) is 11.8 Å². The number of rotatable bonds is 7. The number of likely N-dealkylation sites (tertiary alicyclic amines) is 1. The predicted molar refractivity (Wildman–Crippen MR) is 106 cm³/mol. The number of nitrogens with one attached hydrogen (secondary N) is 2. The quantitative estimate of drug-likeness (QED) is 0.701. The number of hydrogen-bond donors (Lipinski definition) is 2. The van der Waals surface area contributed by atoms with Gasteiger partial charge < -0.3 is 10.2 Å². The minimum atomic E-state index is -0.874. The Hall–Kier alpha value is -2.02. The lowest BCUT2D eigenvalue weighted by Crippen LogP contribution is -2.56. The lowest BCUT2D eigenvalue weighted by Gasteiger charge is -2.40. The van der Waals surface area contributed by atoms with Gasteiger partial charge in [0.15, 0.2) is 0 Å². The van der Waals surface area contributed by atoms with Crippen molar-refractivity contribution in [2.24, 2.45) is 5.92 Å². The van der Waals surface area contributed by atoms with E-state index in [0.717, 1.165) is 30.6 Å². The first-order valence-electron chi connectivity index (χ1n) is 9.49. The number of benzene rings is 1. The van der Waals surface area contributed by atoms with Gasteiger partial charge in [-0.1, -0.05) is 30.3 Å². The van der Waals surface area contributed by atoms with Crippen molar-refractivity contribution < 1.29 is 14.4 Å². The van der Waals surface area contributed by atoms with Crippen LogP contribution in [0.25, 0.3) is 0 Å². The minimum Gasteiger partial charge on any atom is -0.343 e. The Labute approximate surface area is 164 Å². The van der Waals surface area contributed by atoms with Crippen LogP contribution in [0.15, 0.2) is 30.3 Å². The van der Waals surface area contributed by atoms with Crippen LogP contribution < -0.4 is 10.6 Å². The van der Waals surface area contributed by atoms with Gasteiger partial charge in [-0.3, -0.25) is 14.9 Å². The van der Waals surface area contributed by atoms with Gasteiger partial charge in [0.05, 0.1) is 0 Å². The smallest absolute Gasteiger partial charge is 0.322 e. The lowest BCUT2D eigenvalue weighted by atomic mass is 9.74. The molecule has 0 spiro atoms. The standard InChI is InChI=1S/C20H27N3O3S/c1-27-14-10-17(24)23-12-8-16(9-13-23)20(18(25)21-19(26)22-20)11-7-15-5-3-2-4-6-15/h2-6,16H,7-14H2,1H3,(H2,21,22,25,26). The maximum atomic E-state index is 12.7. The SMILES string of the molecule is CSCCC(=O)N1CCC(C2(CCc3ccccc3)NC(=O)NC2=O)CC1. The monoisotopic (exact) mass is 389 g/mol. The molecule has 2 saturated heterocycles. The van der Waals surface area contributed by atoms with Gasteiger partial charge in [0.1, 0.15) is 5.54 Å². The molecule has 1 atom stereocenters. The van der Waals surface area contributed by atoms with Crippen LogP contribution in [0.1, 0.15) is 31.2 Å². The van der Waals surface area contributed by atoms with Crippen LogP contribution in [-0.4, -0.2) is 53.4 Å². The Morgan fingerprint density at radius 1 is 1.22 bits per heavy atom. The lowest BCUT2D eigenvalue weighted by molar-refractivity contribution is -0.133. The van der Waals surface area contributed by atoms with Crippen molar-refractivity contribution in [2.75, 3.05) is 25.1 Å². The fourth-order valence-electron chi connectivity index (χ4n) is 4.13. The number of nitrogens with zero attached hydrogens (tertiary/aromatic N) is 1. The fourth-order valence-corrected chi connectivity index (χ4v) is 4.51. The molecule has 27 heavy (non-hydrogen) atoms. The van der Waals surface area contributed by atoms with E-state index in [1.165, 1.54) is 0 Å². The molecule has 3 rings (SSSR count). The summed E-state index contributed by atoms with van der Waals surface area (Å²) in [6.45, 7) is 1.29. The molecule has 1 aromatic carbocycles. The third-order valence-corrected chi connectivity index (χ3v) is 6.30. The normalized spacial score (nSPS) is 23.2. The second-order valence-electron chi connectivity index (χ2n) is 7.26. The van der Waals surface area contributed by atoms with Crippen LogP contribution >= 0.6 is 11.8 Å². The molecule has 2 aliphatic rings. The highest BCUT2D eigenvalue weighted by atomic mass is 32.2.